The molecule has 7 heteroatoms. The summed E-state index contributed by atoms with van der Waals surface area (Å²) in [6.07, 6.45) is 1.33. The number of hydrogen-bond donors (Lipinski definition) is 1. The molecule has 1 aromatic heterocycles. The lowest BCUT2D eigenvalue weighted by atomic mass is 10.2. The van der Waals surface area contributed by atoms with Crippen LogP contribution >= 0.6 is 11.8 Å². The van der Waals surface area contributed by atoms with E-state index in [1.807, 2.05) is 13.0 Å². The molecule has 0 aliphatic heterocycles. The Morgan fingerprint density at radius 2 is 2.44 bits per heavy atom. The number of hydrogen-bond acceptors (Lipinski definition) is 6. The number of nitro groups is 1. The SMILES string of the molecule is CCSCC(C)Nc1ncc(C#N)cc1[N+](=O)[O-]. The lowest BCUT2D eigenvalue weighted by Gasteiger charge is -2.13. The molecule has 1 N–H and O–H groups in total. The first-order valence-corrected chi connectivity index (χ1v) is 6.62. The summed E-state index contributed by atoms with van der Waals surface area (Å²) in [5.41, 5.74) is 0.0187. The zero-order valence-electron chi connectivity index (χ0n) is 10.2. The Labute approximate surface area is 110 Å². The molecule has 1 heterocycles. The van der Waals surface area contributed by atoms with Gasteiger partial charge in [0.15, 0.2) is 0 Å². The molecule has 1 rings (SSSR count). The van der Waals surface area contributed by atoms with Crippen LogP contribution in [0.2, 0.25) is 0 Å². The minimum absolute atomic E-state index is 0.0779. The van der Waals surface area contributed by atoms with Gasteiger partial charge in [-0.1, -0.05) is 6.92 Å². The van der Waals surface area contributed by atoms with E-state index in [4.69, 9.17) is 5.26 Å². The van der Waals surface area contributed by atoms with Crippen molar-refractivity contribution in [3.05, 3.63) is 27.9 Å². The maximum atomic E-state index is 10.9. The highest BCUT2D eigenvalue weighted by atomic mass is 32.2. The Kier molecular flexibility index (Phi) is 5.39. The standard InChI is InChI=1S/C11H14N4O2S/c1-3-18-7-8(2)14-11-10(15(16)17)4-9(5-12)6-13-11/h4,6,8H,3,7H2,1-2H3,(H,13,14). The lowest BCUT2D eigenvalue weighted by molar-refractivity contribution is -0.384. The second-order valence-corrected chi connectivity index (χ2v) is 4.98. The third-order valence-electron chi connectivity index (χ3n) is 2.15. The Balaban J connectivity index is 2.88. The van der Waals surface area contributed by atoms with E-state index in [1.165, 1.54) is 12.3 Å². The number of pyridine rings is 1. The van der Waals surface area contributed by atoms with Gasteiger partial charge in [0.05, 0.1) is 10.5 Å². The van der Waals surface area contributed by atoms with Crippen LogP contribution < -0.4 is 5.32 Å². The van der Waals surface area contributed by atoms with Crippen molar-refractivity contribution < 1.29 is 4.92 Å². The van der Waals surface area contributed by atoms with E-state index in [9.17, 15) is 10.1 Å². The van der Waals surface area contributed by atoms with Gasteiger partial charge in [0.2, 0.25) is 5.82 Å². The molecule has 96 valence electrons. The fourth-order valence-corrected chi connectivity index (χ4v) is 2.01. The predicted molar refractivity (Wildman–Crippen MR) is 71.7 cm³/mol. The van der Waals surface area contributed by atoms with E-state index < -0.39 is 4.92 Å². The van der Waals surface area contributed by atoms with Crippen molar-refractivity contribution in [2.45, 2.75) is 19.9 Å². The summed E-state index contributed by atoms with van der Waals surface area (Å²) in [4.78, 5) is 14.3. The van der Waals surface area contributed by atoms with Crippen molar-refractivity contribution in [1.82, 2.24) is 4.98 Å². The maximum Gasteiger partial charge on any atom is 0.312 e. The van der Waals surface area contributed by atoms with E-state index in [0.717, 1.165) is 11.5 Å². The van der Waals surface area contributed by atoms with Gasteiger partial charge in [-0.15, -0.1) is 0 Å². The number of nitrogens with one attached hydrogen (secondary N) is 1. The molecule has 18 heavy (non-hydrogen) atoms. The number of nitriles is 1. The molecular weight excluding hydrogens is 252 g/mol. The zero-order valence-corrected chi connectivity index (χ0v) is 11.0. The van der Waals surface area contributed by atoms with Crippen LogP contribution in [0.5, 0.6) is 0 Å². The first-order chi connectivity index (χ1) is 8.58. The van der Waals surface area contributed by atoms with Crippen molar-refractivity contribution >= 4 is 23.3 Å². The van der Waals surface area contributed by atoms with Gasteiger partial charge in [-0.3, -0.25) is 10.1 Å². The quantitative estimate of drug-likeness (QED) is 0.628. The summed E-state index contributed by atoms with van der Waals surface area (Å²) < 4.78 is 0. The minimum atomic E-state index is -0.532. The number of rotatable bonds is 6. The Morgan fingerprint density at radius 1 is 1.72 bits per heavy atom. The average Bonchev–Trinajstić information content (AvgIpc) is 2.36. The van der Waals surface area contributed by atoms with Crippen molar-refractivity contribution in [2.75, 3.05) is 16.8 Å². The molecule has 1 unspecified atom stereocenters. The third-order valence-corrected chi connectivity index (χ3v) is 3.29. The molecule has 0 aromatic carbocycles. The number of thioether (sulfide) groups is 1. The second-order valence-electron chi connectivity index (χ2n) is 3.67. The summed E-state index contributed by atoms with van der Waals surface area (Å²) in [6, 6.07) is 3.15. The van der Waals surface area contributed by atoms with Crippen LogP contribution in [0.3, 0.4) is 0 Å². The van der Waals surface area contributed by atoms with Gasteiger partial charge in [0.25, 0.3) is 0 Å². The van der Waals surface area contributed by atoms with Gasteiger partial charge < -0.3 is 5.32 Å². The van der Waals surface area contributed by atoms with Crippen LogP contribution in [0.15, 0.2) is 12.3 Å². The first kappa shape index (κ1) is 14.3. The van der Waals surface area contributed by atoms with Crippen LogP contribution in [0.1, 0.15) is 19.4 Å². The van der Waals surface area contributed by atoms with Crippen molar-refractivity contribution in [3.63, 3.8) is 0 Å². The molecule has 0 saturated carbocycles. The molecular formula is C11H14N4O2S. The van der Waals surface area contributed by atoms with E-state index in [2.05, 4.69) is 17.2 Å². The van der Waals surface area contributed by atoms with Crippen molar-refractivity contribution in [2.24, 2.45) is 0 Å². The second kappa shape index (κ2) is 6.81. The van der Waals surface area contributed by atoms with Crippen molar-refractivity contribution in [3.8, 4) is 6.07 Å². The molecule has 0 fully saturated rings. The van der Waals surface area contributed by atoms with Crippen molar-refractivity contribution in [1.29, 1.82) is 5.26 Å². The van der Waals surface area contributed by atoms with Gasteiger partial charge in [-0.2, -0.15) is 17.0 Å². The monoisotopic (exact) mass is 266 g/mol. The van der Waals surface area contributed by atoms with Crippen LogP contribution in [0, 0.1) is 21.4 Å². The smallest absolute Gasteiger partial charge is 0.312 e. The van der Waals surface area contributed by atoms with Gasteiger partial charge in [-0.05, 0) is 12.7 Å². The summed E-state index contributed by atoms with van der Waals surface area (Å²) in [5.74, 6) is 2.05. The number of aromatic nitrogens is 1. The molecule has 0 spiro atoms. The average molecular weight is 266 g/mol. The highest BCUT2D eigenvalue weighted by Gasteiger charge is 2.17. The predicted octanol–water partition coefficient (Wildman–Crippen LogP) is 2.41. The molecule has 0 aliphatic rings. The summed E-state index contributed by atoms with van der Waals surface area (Å²) in [5, 5.41) is 22.6. The highest BCUT2D eigenvalue weighted by Crippen LogP contribution is 2.23. The molecule has 0 amide bonds. The van der Waals surface area contributed by atoms with Crippen LogP contribution in [0.4, 0.5) is 11.5 Å². The zero-order chi connectivity index (χ0) is 13.5. The van der Waals surface area contributed by atoms with E-state index in [0.29, 0.717) is 0 Å². The topological polar surface area (TPSA) is 91.8 Å². The van der Waals surface area contributed by atoms with Crippen LogP contribution in [-0.4, -0.2) is 27.5 Å². The van der Waals surface area contributed by atoms with E-state index in [-0.39, 0.29) is 23.1 Å². The lowest BCUT2D eigenvalue weighted by Crippen LogP contribution is -2.19. The van der Waals surface area contributed by atoms with E-state index >= 15 is 0 Å². The van der Waals surface area contributed by atoms with Gasteiger partial charge in [-0.25, -0.2) is 4.98 Å². The molecule has 6 nitrogen and oxygen atoms in total. The fraction of sp³-hybridized carbons (Fsp3) is 0.455. The fourth-order valence-electron chi connectivity index (χ4n) is 1.33. The van der Waals surface area contributed by atoms with E-state index in [1.54, 1.807) is 11.8 Å². The number of nitrogens with zero attached hydrogens (tertiary/aromatic N) is 3. The molecule has 1 aromatic rings. The summed E-state index contributed by atoms with van der Waals surface area (Å²) >= 11 is 1.74. The molecule has 0 radical (unpaired) electrons. The number of anilines is 1. The minimum Gasteiger partial charge on any atom is -0.361 e. The Bertz CT molecular complexity index is 473. The van der Waals surface area contributed by atoms with Crippen LogP contribution in [0.25, 0.3) is 0 Å². The highest BCUT2D eigenvalue weighted by molar-refractivity contribution is 7.99. The van der Waals surface area contributed by atoms with Crippen LogP contribution in [-0.2, 0) is 0 Å². The molecule has 0 bridgehead atoms. The molecule has 1 atom stereocenters. The first-order valence-electron chi connectivity index (χ1n) is 5.47. The summed E-state index contributed by atoms with van der Waals surface area (Å²) in [7, 11) is 0. The molecule has 0 aliphatic carbocycles. The Morgan fingerprint density at radius 3 is 3.00 bits per heavy atom. The maximum absolute atomic E-state index is 10.9. The summed E-state index contributed by atoms with van der Waals surface area (Å²) in [6.45, 7) is 3.99. The molecule has 0 saturated heterocycles. The van der Waals surface area contributed by atoms with Gasteiger partial charge in [0.1, 0.15) is 6.07 Å². The largest absolute Gasteiger partial charge is 0.361 e. The van der Waals surface area contributed by atoms with Gasteiger partial charge in [0, 0.05) is 24.1 Å². The van der Waals surface area contributed by atoms with Gasteiger partial charge >= 0.3 is 5.69 Å². The normalized spacial score (nSPS) is 11.6. The Hall–Kier alpha value is -1.81. The third kappa shape index (κ3) is 3.89.